The van der Waals surface area contributed by atoms with Gasteiger partial charge in [-0.25, -0.2) is 13.1 Å². The van der Waals surface area contributed by atoms with Crippen LogP contribution in [0.3, 0.4) is 0 Å². The Morgan fingerprint density at radius 2 is 1.96 bits per heavy atom. The van der Waals surface area contributed by atoms with Crippen molar-refractivity contribution in [3.63, 3.8) is 0 Å². The predicted octanol–water partition coefficient (Wildman–Crippen LogP) is 2.68. The molecule has 132 valence electrons. The van der Waals surface area contributed by atoms with Crippen molar-refractivity contribution in [2.75, 3.05) is 7.05 Å². The van der Waals surface area contributed by atoms with Crippen LogP contribution in [0.15, 0.2) is 34.5 Å². The SMILES string of the molecule is CNS(=O)(=O)c1ccc(CNC(=O)c2cc3c(C)cc(C)cc3[nH]2)s1. The molecule has 3 N–H and O–H groups in total. The standard InChI is InChI=1S/C17H19N3O3S2/c1-10-6-11(2)13-8-15(20-14(13)7-10)17(21)19-9-12-4-5-16(24-12)25(22,23)18-3/h4-8,18,20H,9H2,1-3H3,(H,19,21). The number of fused-ring (bicyclic) bond motifs is 1. The summed E-state index contributed by atoms with van der Waals surface area (Å²) in [5.74, 6) is -0.223. The molecule has 0 fully saturated rings. The molecule has 0 aliphatic heterocycles. The van der Waals surface area contributed by atoms with Crippen molar-refractivity contribution in [1.82, 2.24) is 15.0 Å². The minimum absolute atomic E-state index is 0.223. The molecule has 6 nitrogen and oxygen atoms in total. The minimum Gasteiger partial charge on any atom is -0.351 e. The molecule has 0 radical (unpaired) electrons. The van der Waals surface area contributed by atoms with Crippen molar-refractivity contribution in [1.29, 1.82) is 0 Å². The first kappa shape index (κ1) is 17.7. The summed E-state index contributed by atoms with van der Waals surface area (Å²) in [5.41, 5.74) is 3.67. The number of rotatable bonds is 5. The van der Waals surface area contributed by atoms with Crippen LogP contribution in [-0.2, 0) is 16.6 Å². The van der Waals surface area contributed by atoms with Crippen LogP contribution in [0.25, 0.3) is 10.9 Å². The fourth-order valence-electron chi connectivity index (χ4n) is 2.68. The number of nitrogens with one attached hydrogen (secondary N) is 3. The molecule has 0 unspecified atom stereocenters. The Labute approximate surface area is 150 Å². The maximum absolute atomic E-state index is 12.4. The third-order valence-corrected chi connectivity index (χ3v) is 6.92. The molecule has 0 saturated carbocycles. The number of benzene rings is 1. The van der Waals surface area contributed by atoms with Gasteiger partial charge in [-0.2, -0.15) is 0 Å². The van der Waals surface area contributed by atoms with E-state index in [0.29, 0.717) is 5.69 Å². The molecule has 0 aliphatic rings. The lowest BCUT2D eigenvalue weighted by Gasteiger charge is -2.01. The zero-order valence-corrected chi connectivity index (χ0v) is 15.8. The molecular formula is C17H19N3O3S2. The quantitative estimate of drug-likeness (QED) is 0.638. The van der Waals surface area contributed by atoms with Gasteiger partial charge in [-0.05, 0) is 56.3 Å². The molecule has 0 aliphatic carbocycles. The summed E-state index contributed by atoms with van der Waals surface area (Å²) in [4.78, 5) is 16.3. The summed E-state index contributed by atoms with van der Waals surface area (Å²) in [6, 6.07) is 9.16. The number of carbonyl (C=O) groups excluding carboxylic acids is 1. The maximum atomic E-state index is 12.4. The number of carbonyl (C=O) groups is 1. The van der Waals surface area contributed by atoms with Gasteiger partial charge in [0.15, 0.2) is 0 Å². The number of amides is 1. The Balaban J connectivity index is 1.74. The van der Waals surface area contributed by atoms with E-state index in [-0.39, 0.29) is 16.7 Å². The smallest absolute Gasteiger partial charge is 0.268 e. The van der Waals surface area contributed by atoms with Crippen LogP contribution < -0.4 is 10.0 Å². The number of hydrogen-bond donors (Lipinski definition) is 3. The van der Waals surface area contributed by atoms with E-state index < -0.39 is 10.0 Å². The summed E-state index contributed by atoms with van der Waals surface area (Å²) in [6.45, 7) is 4.30. The average molecular weight is 377 g/mol. The number of H-pyrrole nitrogens is 1. The normalized spacial score (nSPS) is 11.8. The second kappa shape index (κ2) is 6.62. The number of aromatic nitrogens is 1. The predicted molar refractivity (Wildman–Crippen MR) is 99.5 cm³/mol. The number of thiophene rings is 1. The molecular weight excluding hydrogens is 358 g/mol. The minimum atomic E-state index is -3.44. The Morgan fingerprint density at radius 3 is 2.68 bits per heavy atom. The zero-order valence-electron chi connectivity index (χ0n) is 14.1. The van der Waals surface area contributed by atoms with Crippen LogP contribution in [0.4, 0.5) is 0 Å². The van der Waals surface area contributed by atoms with Crippen molar-refractivity contribution in [3.8, 4) is 0 Å². The van der Waals surface area contributed by atoms with Crippen molar-refractivity contribution >= 4 is 38.2 Å². The molecule has 0 bridgehead atoms. The van der Waals surface area contributed by atoms with Crippen LogP contribution in [0.1, 0.15) is 26.5 Å². The highest BCUT2D eigenvalue weighted by Crippen LogP contribution is 2.23. The van der Waals surface area contributed by atoms with Crippen LogP contribution in [0.2, 0.25) is 0 Å². The molecule has 3 rings (SSSR count). The number of sulfonamides is 1. The molecule has 1 aromatic carbocycles. The van der Waals surface area contributed by atoms with E-state index in [0.717, 1.165) is 38.2 Å². The number of aryl methyl sites for hydroxylation is 2. The number of aromatic amines is 1. The molecule has 1 amide bonds. The molecule has 8 heteroatoms. The summed E-state index contributed by atoms with van der Waals surface area (Å²) in [5, 5.41) is 3.84. The Hall–Kier alpha value is -2.16. The summed E-state index contributed by atoms with van der Waals surface area (Å²) < 4.78 is 26.0. The third-order valence-electron chi connectivity index (χ3n) is 3.93. The first-order valence-electron chi connectivity index (χ1n) is 7.70. The van der Waals surface area contributed by atoms with E-state index in [1.54, 1.807) is 6.07 Å². The van der Waals surface area contributed by atoms with E-state index in [2.05, 4.69) is 21.1 Å². The topological polar surface area (TPSA) is 91.1 Å². The molecule has 25 heavy (non-hydrogen) atoms. The Morgan fingerprint density at radius 1 is 1.20 bits per heavy atom. The maximum Gasteiger partial charge on any atom is 0.268 e. The van der Waals surface area contributed by atoms with Crippen LogP contribution >= 0.6 is 11.3 Å². The van der Waals surface area contributed by atoms with E-state index in [9.17, 15) is 13.2 Å². The molecule has 3 aromatic rings. The second-order valence-electron chi connectivity index (χ2n) is 5.84. The van der Waals surface area contributed by atoms with Crippen molar-refractivity contribution < 1.29 is 13.2 Å². The first-order chi connectivity index (χ1) is 11.8. The van der Waals surface area contributed by atoms with E-state index >= 15 is 0 Å². The highest BCUT2D eigenvalue weighted by molar-refractivity contribution is 7.91. The first-order valence-corrected chi connectivity index (χ1v) is 10.0. The third kappa shape index (κ3) is 3.60. The van der Waals surface area contributed by atoms with Gasteiger partial charge in [-0.15, -0.1) is 11.3 Å². The van der Waals surface area contributed by atoms with Gasteiger partial charge in [0.2, 0.25) is 10.0 Å². The van der Waals surface area contributed by atoms with Crippen LogP contribution in [-0.4, -0.2) is 26.4 Å². The van der Waals surface area contributed by atoms with Gasteiger partial charge in [0, 0.05) is 15.8 Å². The second-order valence-corrected chi connectivity index (χ2v) is 9.12. The lowest BCUT2D eigenvalue weighted by atomic mass is 10.1. The molecule has 0 atom stereocenters. The van der Waals surface area contributed by atoms with E-state index in [4.69, 9.17) is 0 Å². The van der Waals surface area contributed by atoms with Gasteiger partial charge < -0.3 is 10.3 Å². The monoisotopic (exact) mass is 377 g/mol. The van der Waals surface area contributed by atoms with Crippen molar-refractivity contribution in [2.45, 2.75) is 24.6 Å². The fourth-order valence-corrected chi connectivity index (χ4v) is 4.82. The Bertz CT molecular complexity index is 1050. The lowest BCUT2D eigenvalue weighted by Crippen LogP contribution is -2.22. The highest BCUT2D eigenvalue weighted by Gasteiger charge is 2.15. The fraction of sp³-hybridized carbons (Fsp3) is 0.235. The molecule has 2 aromatic heterocycles. The van der Waals surface area contributed by atoms with E-state index in [1.807, 2.05) is 26.0 Å². The van der Waals surface area contributed by atoms with Crippen molar-refractivity contribution in [3.05, 3.63) is 52.0 Å². The highest BCUT2D eigenvalue weighted by atomic mass is 32.2. The van der Waals surface area contributed by atoms with Crippen LogP contribution in [0.5, 0.6) is 0 Å². The van der Waals surface area contributed by atoms with Gasteiger partial charge in [0.05, 0.1) is 6.54 Å². The van der Waals surface area contributed by atoms with Gasteiger partial charge in [-0.1, -0.05) is 6.07 Å². The Kier molecular flexibility index (Phi) is 4.68. The summed E-state index contributed by atoms with van der Waals surface area (Å²) in [6.07, 6.45) is 0. The largest absolute Gasteiger partial charge is 0.351 e. The zero-order chi connectivity index (χ0) is 18.2. The van der Waals surface area contributed by atoms with E-state index in [1.165, 1.54) is 13.1 Å². The summed E-state index contributed by atoms with van der Waals surface area (Å²) in [7, 11) is -2.07. The van der Waals surface area contributed by atoms with Crippen molar-refractivity contribution in [2.24, 2.45) is 0 Å². The molecule has 0 saturated heterocycles. The van der Waals surface area contributed by atoms with Gasteiger partial charge in [0.25, 0.3) is 5.91 Å². The van der Waals surface area contributed by atoms with Gasteiger partial charge in [-0.3, -0.25) is 4.79 Å². The van der Waals surface area contributed by atoms with Gasteiger partial charge in [0.1, 0.15) is 9.90 Å². The van der Waals surface area contributed by atoms with Crippen LogP contribution in [0, 0.1) is 13.8 Å². The summed E-state index contributed by atoms with van der Waals surface area (Å²) >= 11 is 1.14. The lowest BCUT2D eigenvalue weighted by molar-refractivity contribution is 0.0947. The average Bonchev–Trinajstić information content (AvgIpc) is 3.19. The molecule has 0 spiro atoms. The molecule has 2 heterocycles. The van der Waals surface area contributed by atoms with Gasteiger partial charge >= 0.3 is 0 Å². The number of hydrogen-bond acceptors (Lipinski definition) is 4.